The molecule has 1 amide bonds. The van der Waals surface area contributed by atoms with E-state index >= 15 is 0 Å². The molecular weight excluding hydrogens is 334 g/mol. The number of aryl methyl sites for hydroxylation is 1. The van der Waals surface area contributed by atoms with Gasteiger partial charge in [-0.2, -0.15) is 0 Å². The Bertz CT molecular complexity index is 472. The van der Waals surface area contributed by atoms with Gasteiger partial charge in [-0.15, -0.1) is 0 Å². The van der Waals surface area contributed by atoms with Gasteiger partial charge in [0.15, 0.2) is 0 Å². The van der Waals surface area contributed by atoms with Gasteiger partial charge in [0.05, 0.1) is 19.3 Å². The van der Waals surface area contributed by atoms with Gasteiger partial charge in [-0.3, -0.25) is 0 Å². The molecule has 0 radical (unpaired) electrons. The van der Waals surface area contributed by atoms with Crippen molar-refractivity contribution in [2.45, 2.75) is 19.4 Å². The minimum absolute atomic E-state index is 0.110. The molecule has 1 aromatic rings. The van der Waals surface area contributed by atoms with Crippen molar-refractivity contribution < 1.29 is 14.6 Å². The fraction of sp³-hybridized carbons (Fsp3) is 0.462. The van der Waals surface area contributed by atoms with Gasteiger partial charge in [-0.05, 0) is 30.2 Å². The summed E-state index contributed by atoms with van der Waals surface area (Å²) in [6.45, 7) is 3.28. The van der Waals surface area contributed by atoms with Gasteiger partial charge in [-0.1, -0.05) is 27.5 Å². The number of carbonyl (C=O) groups is 1. The number of morpholine rings is 1. The van der Waals surface area contributed by atoms with Gasteiger partial charge in [-0.25, -0.2) is 4.79 Å². The maximum Gasteiger partial charge on any atom is 0.407 e. The zero-order valence-electron chi connectivity index (χ0n) is 10.5. The van der Waals surface area contributed by atoms with Crippen molar-refractivity contribution in [3.05, 3.63) is 32.8 Å². The molecule has 1 aliphatic heterocycles. The van der Waals surface area contributed by atoms with Crippen molar-refractivity contribution >= 4 is 33.6 Å². The van der Waals surface area contributed by atoms with Crippen LogP contribution >= 0.6 is 27.5 Å². The summed E-state index contributed by atoms with van der Waals surface area (Å²) in [7, 11) is 0. The summed E-state index contributed by atoms with van der Waals surface area (Å²) in [4.78, 5) is 12.4. The molecule has 1 saturated heterocycles. The predicted molar refractivity (Wildman–Crippen MR) is 76.9 cm³/mol. The fourth-order valence-corrected chi connectivity index (χ4v) is 3.36. The first-order chi connectivity index (χ1) is 8.97. The molecule has 0 saturated carbocycles. The van der Waals surface area contributed by atoms with Crippen molar-refractivity contribution in [3.63, 3.8) is 0 Å². The lowest BCUT2D eigenvalue weighted by molar-refractivity contribution is -0.0211. The van der Waals surface area contributed by atoms with E-state index in [0.29, 0.717) is 31.1 Å². The fourth-order valence-electron chi connectivity index (χ4n) is 2.23. The van der Waals surface area contributed by atoms with Crippen LogP contribution in [-0.2, 0) is 11.2 Å². The van der Waals surface area contributed by atoms with Crippen LogP contribution in [0.4, 0.5) is 4.79 Å². The van der Waals surface area contributed by atoms with Gasteiger partial charge in [0.25, 0.3) is 0 Å². The molecule has 0 spiro atoms. The van der Waals surface area contributed by atoms with Crippen LogP contribution in [0.5, 0.6) is 0 Å². The normalized spacial score (nSPS) is 19.5. The Morgan fingerprint density at radius 1 is 1.63 bits per heavy atom. The quantitative estimate of drug-likeness (QED) is 0.892. The van der Waals surface area contributed by atoms with Crippen molar-refractivity contribution in [1.82, 2.24) is 4.90 Å². The van der Waals surface area contributed by atoms with E-state index in [-0.39, 0.29) is 6.10 Å². The minimum Gasteiger partial charge on any atom is -0.465 e. The number of nitrogens with zero attached hydrogens (tertiary/aromatic N) is 1. The number of carboxylic acid groups (broad SMARTS) is 1. The van der Waals surface area contributed by atoms with Crippen LogP contribution in [0, 0.1) is 6.92 Å². The van der Waals surface area contributed by atoms with E-state index in [0.717, 1.165) is 15.6 Å². The highest BCUT2D eigenvalue weighted by molar-refractivity contribution is 9.10. The van der Waals surface area contributed by atoms with Gasteiger partial charge < -0.3 is 14.7 Å². The molecule has 2 rings (SSSR count). The molecule has 0 aliphatic carbocycles. The van der Waals surface area contributed by atoms with Crippen LogP contribution in [0.25, 0.3) is 0 Å². The zero-order valence-corrected chi connectivity index (χ0v) is 12.9. The summed E-state index contributed by atoms with van der Waals surface area (Å²) in [6, 6.07) is 3.75. The van der Waals surface area contributed by atoms with Gasteiger partial charge in [0, 0.05) is 22.5 Å². The number of rotatable bonds is 2. The lowest BCUT2D eigenvalue weighted by atomic mass is 10.0. The molecular formula is C13H15BrClNO3. The average molecular weight is 349 g/mol. The highest BCUT2D eigenvalue weighted by atomic mass is 79.9. The first-order valence-electron chi connectivity index (χ1n) is 6.01. The number of hydrogen-bond donors (Lipinski definition) is 1. The number of hydrogen-bond acceptors (Lipinski definition) is 2. The van der Waals surface area contributed by atoms with Crippen LogP contribution < -0.4 is 0 Å². The van der Waals surface area contributed by atoms with Gasteiger partial charge in [0.2, 0.25) is 0 Å². The van der Waals surface area contributed by atoms with Crippen LogP contribution in [-0.4, -0.2) is 41.9 Å². The highest BCUT2D eigenvalue weighted by Crippen LogP contribution is 2.27. The van der Waals surface area contributed by atoms with Crippen LogP contribution in [0.3, 0.4) is 0 Å². The lowest BCUT2D eigenvalue weighted by Gasteiger charge is -2.31. The van der Waals surface area contributed by atoms with E-state index in [1.165, 1.54) is 4.90 Å². The van der Waals surface area contributed by atoms with Crippen LogP contribution in [0.1, 0.15) is 11.1 Å². The molecule has 104 valence electrons. The van der Waals surface area contributed by atoms with Crippen molar-refractivity contribution in [3.8, 4) is 0 Å². The summed E-state index contributed by atoms with van der Waals surface area (Å²) in [5.41, 5.74) is 2.19. The zero-order chi connectivity index (χ0) is 14.0. The Morgan fingerprint density at radius 2 is 2.37 bits per heavy atom. The van der Waals surface area contributed by atoms with Crippen molar-refractivity contribution in [1.29, 1.82) is 0 Å². The smallest absolute Gasteiger partial charge is 0.407 e. The third kappa shape index (κ3) is 3.61. The standard InChI is InChI=1S/C13H15BrClNO3/c1-8-4-9(15)5-12(14)11(8)6-10-7-16(13(17)18)2-3-19-10/h4-5,10H,2-3,6-7H2,1H3,(H,17,18)/t10-/m1/s1. The van der Waals surface area contributed by atoms with Gasteiger partial charge in [0.1, 0.15) is 0 Å². The average Bonchev–Trinajstić information content (AvgIpc) is 2.34. The Morgan fingerprint density at radius 3 is 3.00 bits per heavy atom. The first kappa shape index (κ1) is 14.6. The molecule has 0 bridgehead atoms. The summed E-state index contributed by atoms with van der Waals surface area (Å²) >= 11 is 9.48. The minimum atomic E-state index is -0.889. The highest BCUT2D eigenvalue weighted by Gasteiger charge is 2.25. The largest absolute Gasteiger partial charge is 0.465 e. The van der Waals surface area contributed by atoms with E-state index in [1.54, 1.807) is 0 Å². The maximum absolute atomic E-state index is 11.0. The second kappa shape index (κ2) is 6.11. The molecule has 1 N–H and O–H groups in total. The van der Waals surface area contributed by atoms with Gasteiger partial charge >= 0.3 is 6.09 Å². The second-order valence-corrected chi connectivity index (χ2v) is 5.90. The molecule has 1 fully saturated rings. The van der Waals surface area contributed by atoms with E-state index in [1.807, 2.05) is 19.1 Å². The molecule has 4 nitrogen and oxygen atoms in total. The van der Waals surface area contributed by atoms with Crippen LogP contribution in [0.15, 0.2) is 16.6 Å². The lowest BCUT2D eigenvalue weighted by Crippen LogP contribution is -2.45. The Balaban J connectivity index is 2.11. The third-order valence-electron chi connectivity index (χ3n) is 3.22. The summed E-state index contributed by atoms with van der Waals surface area (Å²) in [5, 5.41) is 9.70. The van der Waals surface area contributed by atoms with Crippen molar-refractivity contribution in [2.24, 2.45) is 0 Å². The summed E-state index contributed by atoms with van der Waals surface area (Å²) in [6.07, 6.45) is -0.325. The predicted octanol–water partition coefficient (Wildman–Crippen LogP) is 3.33. The number of halogens is 2. The van der Waals surface area contributed by atoms with E-state index < -0.39 is 6.09 Å². The molecule has 19 heavy (non-hydrogen) atoms. The summed E-state index contributed by atoms with van der Waals surface area (Å²) < 4.78 is 6.58. The Hall–Kier alpha value is -0.780. The summed E-state index contributed by atoms with van der Waals surface area (Å²) in [5.74, 6) is 0. The van der Waals surface area contributed by atoms with E-state index in [2.05, 4.69) is 15.9 Å². The SMILES string of the molecule is Cc1cc(Cl)cc(Br)c1C[C@@H]1CN(C(=O)O)CCO1. The van der Waals surface area contributed by atoms with E-state index in [4.69, 9.17) is 21.4 Å². The maximum atomic E-state index is 11.0. The number of amides is 1. The molecule has 1 aromatic carbocycles. The van der Waals surface area contributed by atoms with Crippen molar-refractivity contribution in [2.75, 3.05) is 19.7 Å². The number of ether oxygens (including phenoxy) is 1. The second-order valence-electron chi connectivity index (χ2n) is 4.61. The molecule has 1 heterocycles. The van der Waals surface area contributed by atoms with Crippen LogP contribution in [0.2, 0.25) is 5.02 Å². The monoisotopic (exact) mass is 347 g/mol. The first-order valence-corrected chi connectivity index (χ1v) is 7.18. The third-order valence-corrected chi connectivity index (χ3v) is 4.15. The molecule has 6 heteroatoms. The molecule has 1 aliphatic rings. The topological polar surface area (TPSA) is 49.8 Å². The Labute approximate surface area is 125 Å². The molecule has 0 unspecified atom stereocenters. The molecule has 0 aromatic heterocycles. The number of benzene rings is 1. The Kier molecular flexibility index (Phi) is 4.71. The molecule has 1 atom stereocenters. The van der Waals surface area contributed by atoms with E-state index in [9.17, 15) is 4.79 Å².